The molecule has 0 nitrogen and oxygen atoms in total. The summed E-state index contributed by atoms with van der Waals surface area (Å²) in [6.45, 7) is 10.7. The molecule has 2 aromatic carbocycles. The molecule has 0 radical (unpaired) electrons. The third-order valence-corrected chi connectivity index (χ3v) is 5.64. The van der Waals surface area contributed by atoms with Crippen molar-refractivity contribution >= 4 is 17.2 Å². The summed E-state index contributed by atoms with van der Waals surface area (Å²) in [4.78, 5) is 0. The smallest absolute Gasteiger partial charge is 0.149 e. The zero-order chi connectivity index (χ0) is 19.3. The molecule has 0 amide bonds. The van der Waals surface area contributed by atoms with Gasteiger partial charge < -0.3 is 0 Å². The van der Waals surface area contributed by atoms with Gasteiger partial charge in [0.2, 0.25) is 0 Å². The average Bonchev–Trinajstić information content (AvgIpc) is 2.65. The van der Waals surface area contributed by atoms with E-state index >= 15 is 4.39 Å². The second kappa shape index (κ2) is 9.37. The first-order valence-electron chi connectivity index (χ1n) is 9.64. The maximum atomic E-state index is 15.0. The van der Waals surface area contributed by atoms with Gasteiger partial charge in [-0.3, -0.25) is 0 Å². The Hall–Kier alpha value is -1.60. The minimum Gasteiger partial charge on any atom is -0.205 e. The fraction of sp³-hybridized carbons (Fsp3) is 0.417. The molecule has 0 bridgehead atoms. The Morgan fingerprint density at radius 3 is 2.31 bits per heavy atom. The topological polar surface area (TPSA) is 0 Å². The molecule has 26 heavy (non-hydrogen) atoms. The minimum absolute atomic E-state index is 0.210. The van der Waals surface area contributed by atoms with Crippen molar-refractivity contribution in [2.45, 2.75) is 66.2 Å². The van der Waals surface area contributed by atoms with Gasteiger partial charge in [0.1, 0.15) is 5.82 Å². The molecule has 0 fully saturated rings. The Labute approximate surface area is 163 Å². The summed E-state index contributed by atoms with van der Waals surface area (Å²) in [5, 5.41) is 0.210. The molecule has 0 aromatic heterocycles. The normalized spacial score (nSPS) is 13.5. The van der Waals surface area contributed by atoms with Crippen LogP contribution in [0.3, 0.4) is 0 Å². The number of hydrogen-bond donors (Lipinski definition) is 0. The molecule has 0 aliphatic carbocycles. The fourth-order valence-corrected chi connectivity index (χ4v) is 3.61. The van der Waals surface area contributed by atoms with Crippen LogP contribution >= 0.6 is 11.6 Å². The molecule has 0 heterocycles. The SMILES string of the molecule is CCCC/C(=C(/C)C(C)c1ccc(C)cc1)c1c(CC)ccc(Cl)c1F. The Balaban J connectivity index is 2.61. The molecule has 0 N–H and O–H groups in total. The largest absolute Gasteiger partial charge is 0.205 e. The van der Waals surface area contributed by atoms with E-state index < -0.39 is 0 Å². The molecule has 140 valence electrons. The number of halogens is 2. The van der Waals surface area contributed by atoms with Crippen molar-refractivity contribution in [3.63, 3.8) is 0 Å². The van der Waals surface area contributed by atoms with E-state index in [1.54, 1.807) is 6.07 Å². The van der Waals surface area contributed by atoms with Gasteiger partial charge in [0.15, 0.2) is 0 Å². The van der Waals surface area contributed by atoms with Gasteiger partial charge in [-0.1, -0.05) is 80.3 Å². The van der Waals surface area contributed by atoms with E-state index in [-0.39, 0.29) is 16.8 Å². The van der Waals surface area contributed by atoms with Gasteiger partial charge in [-0.15, -0.1) is 0 Å². The summed E-state index contributed by atoms with van der Waals surface area (Å²) in [6.07, 6.45) is 3.80. The van der Waals surface area contributed by atoms with Crippen molar-refractivity contribution in [1.82, 2.24) is 0 Å². The summed E-state index contributed by atoms with van der Waals surface area (Å²) in [7, 11) is 0. The van der Waals surface area contributed by atoms with Crippen LogP contribution in [0.15, 0.2) is 42.0 Å². The number of hydrogen-bond acceptors (Lipinski definition) is 0. The number of benzene rings is 2. The average molecular weight is 373 g/mol. The van der Waals surface area contributed by atoms with Gasteiger partial charge in [-0.05, 0) is 55.9 Å². The first-order valence-corrected chi connectivity index (χ1v) is 10.0. The van der Waals surface area contributed by atoms with E-state index in [0.29, 0.717) is 0 Å². The Bertz CT molecular complexity index is 772. The van der Waals surface area contributed by atoms with Crippen molar-refractivity contribution in [3.05, 3.63) is 75.1 Å². The van der Waals surface area contributed by atoms with Gasteiger partial charge in [0.25, 0.3) is 0 Å². The predicted molar refractivity (Wildman–Crippen MR) is 113 cm³/mol. The molecule has 0 aliphatic rings. The summed E-state index contributed by atoms with van der Waals surface area (Å²) in [5.74, 6) is -0.0295. The minimum atomic E-state index is -0.271. The third kappa shape index (κ3) is 4.57. The molecule has 2 aromatic rings. The maximum Gasteiger partial charge on any atom is 0.149 e. The first-order chi connectivity index (χ1) is 12.4. The van der Waals surface area contributed by atoms with Crippen molar-refractivity contribution in [3.8, 4) is 0 Å². The summed E-state index contributed by atoms with van der Waals surface area (Å²) in [5.41, 5.74) is 6.64. The van der Waals surface area contributed by atoms with Crippen LogP contribution < -0.4 is 0 Å². The molecular formula is C24H30ClF. The maximum absolute atomic E-state index is 15.0. The highest BCUT2D eigenvalue weighted by atomic mass is 35.5. The molecule has 0 saturated heterocycles. The summed E-state index contributed by atoms with van der Waals surface area (Å²) >= 11 is 6.14. The first kappa shape index (κ1) is 20.7. The van der Waals surface area contributed by atoms with Crippen molar-refractivity contribution in [2.24, 2.45) is 0 Å². The van der Waals surface area contributed by atoms with Crippen molar-refractivity contribution in [2.75, 3.05) is 0 Å². The lowest BCUT2D eigenvalue weighted by atomic mass is 9.84. The molecule has 2 rings (SSSR count). The summed E-state index contributed by atoms with van der Waals surface area (Å²) in [6, 6.07) is 12.3. The Morgan fingerprint density at radius 2 is 1.73 bits per heavy atom. The molecule has 2 heteroatoms. The monoisotopic (exact) mass is 372 g/mol. The molecule has 1 unspecified atom stereocenters. The zero-order valence-corrected chi connectivity index (χ0v) is 17.4. The number of unbranched alkanes of at least 4 members (excludes halogenated alkanes) is 1. The highest BCUT2D eigenvalue weighted by Crippen LogP contribution is 2.38. The van der Waals surface area contributed by atoms with Crippen LogP contribution in [0.4, 0.5) is 4.39 Å². The zero-order valence-electron chi connectivity index (χ0n) is 16.6. The van der Waals surface area contributed by atoms with Crippen LogP contribution in [0.1, 0.15) is 75.1 Å². The second-order valence-electron chi connectivity index (χ2n) is 7.15. The van der Waals surface area contributed by atoms with E-state index in [0.717, 1.165) is 42.4 Å². The molecule has 0 aliphatic heterocycles. The quantitative estimate of drug-likeness (QED) is 0.460. The fourth-order valence-electron chi connectivity index (χ4n) is 3.45. The van der Waals surface area contributed by atoms with E-state index in [1.807, 2.05) is 6.07 Å². The van der Waals surface area contributed by atoms with Gasteiger partial charge in [0.05, 0.1) is 5.02 Å². The Kier molecular flexibility index (Phi) is 7.46. The Morgan fingerprint density at radius 1 is 1.08 bits per heavy atom. The highest BCUT2D eigenvalue weighted by molar-refractivity contribution is 6.31. The van der Waals surface area contributed by atoms with Crippen LogP contribution in [0.25, 0.3) is 5.57 Å². The van der Waals surface area contributed by atoms with Crippen molar-refractivity contribution in [1.29, 1.82) is 0 Å². The van der Waals surface area contributed by atoms with Crippen LogP contribution in [0, 0.1) is 12.7 Å². The molecule has 0 saturated carbocycles. The van der Waals surface area contributed by atoms with Gasteiger partial charge in [-0.2, -0.15) is 0 Å². The standard InChI is InChI=1S/C24H30ClF/c1-6-8-9-21(23-19(7-2)14-15-22(25)24(23)26)18(5)17(4)20-12-10-16(3)11-13-20/h10-15,17H,6-9H2,1-5H3/b21-18+. The van der Waals surface area contributed by atoms with E-state index in [4.69, 9.17) is 11.6 Å². The lowest BCUT2D eigenvalue weighted by Crippen LogP contribution is -2.04. The van der Waals surface area contributed by atoms with E-state index in [1.165, 1.54) is 16.7 Å². The molecule has 1 atom stereocenters. The lowest BCUT2D eigenvalue weighted by molar-refractivity contribution is 0.619. The van der Waals surface area contributed by atoms with E-state index in [2.05, 4.69) is 58.9 Å². The number of aryl methyl sites for hydroxylation is 2. The van der Waals surface area contributed by atoms with Crippen LogP contribution in [0.2, 0.25) is 5.02 Å². The highest BCUT2D eigenvalue weighted by Gasteiger charge is 2.20. The third-order valence-electron chi connectivity index (χ3n) is 5.35. The molecule has 0 spiro atoms. The molecular weight excluding hydrogens is 343 g/mol. The van der Waals surface area contributed by atoms with Gasteiger partial charge in [0, 0.05) is 11.5 Å². The predicted octanol–water partition coefficient (Wildman–Crippen LogP) is 8.12. The second-order valence-corrected chi connectivity index (χ2v) is 7.55. The number of allylic oxidation sites excluding steroid dienone is 2. The number of rotatable bonds is 7. The van der Waals surface area contributed by atoms with Gasteiger partial charge >= 0.3 is 0 Å². The van der Waals surface area contributed by atoms with Gasteiger partial charge in [-0.25, -0.2) is 4.39 Å². The van der Waals surface area contributed by atoms with Crippen LogP contribution in [-0.4, -0.2) is 0 Å². The summed E-state index contributed by atoms with van der Waals surface area (Å²) < 4.78 is 15.0. The van der Waals surface area contributed by atoms with Crippen LogP contribution in [0.5, 0.6) is 0 Å². The lowest BCUT2D eigenvalue weighted by Gasteiger charge is -2.22. The van der Waals surface area contributed by atoms with Crippen LogP contribution in [-0.2, 0) is 6.42 Å². The van der Waals surface area contributed by atoms with E-state index in [9.17, 15) is 0 Å². The van der Waals surface area contributed by atoms with Crippen molar-refractivity contribution < 1.29 is 4.39 Å².